The largest absolute Gasteiger partial charge is 0.353 e. The molecule has 5 nitrogen and oxygen atoms in total. The van der Waals surface area contributed by atoms with Crippen molar-refractivity contribution < 1.29 is 9.59 Å². The molecule has 3 amide bonds. The number of rotatable bonds is 4. The summed E-state index contributed by atoms with van der Waals surface area (Å²) < 4.78 is 0. The Bertz CT molecular complexity index is 424. The summed E-state index contributed by atoms with van der Waals surface area (Å²) in [5.41, 5.74) is 6.61. The van der Waals surface area contributed by atoms with E-state index in [1.54, 1.807) is 12.1 Å². The van der Waals surface area contributed by atoms with Crippen molar-refractivity contribution in [1.82, 2.24) is 5.32 Å². The van der Waals surface area contributed by atoms with Crippen LogP contribution in [0.1, 0.15) is 12.5 Å². The molecule has 0 unspecified atom stereocenters. The van der Waals surface area contributed by atoms with Gasteiger partial charge in [0.2, 0.25) is 5.91 Å². The summed E-state index contributed by atoms with van der Waals surface area (Å²) in [6.45, 7) is 1.97. The number of hydrogen-bond acceptors (Lipinski definition) is 2. The van der Waals surface area contributed by atoms with Crippen molar-refractivity contribution in [3.05, 3.63) is 35.9 Å². The zero-order valence-electron chi connectivity index (χ0n) is 9.57. The summed E-state index contributed by atoms with van der Waals surface area (Å²) in [7, 11) is 0. The maximum Gasteiger partial charge on any atom is 0.316 e. The first kappa shape index (κ1) is 12.8. The SMILES string of the molecule is CC(=O)NCC=Cc1ccc(NC(N)=O)cc1. The number of primary amides is 1. The molecule has 1 rings (SSSR count). The van der Waals surface area contributed by atoms with Crippen LogP contribution < -0.4 is 16.4 Å². The van der Waals surface area contributed by atoms with E-state index >= 15 is 0 Å². The van der Waals surface area contributed by atoms with E-state index in [1.807, 2.05) is 24.3 Å². The van der Waals surface area contributed by atoms with Gasteiger partial charge in [0.15, 0.2) is 0 Å². The van der Waals surface area contributed by atoms with Crippen LogP contribution >= 0.6 is 0 Å². The van der Waals surface area contributed by atoms with Gasteiger partial charge >= 0.3 is 6.03 Å². The van der Waals surface area contributed by atoms with E-state index in [1.165, 1.54) is 6.92 Å². The Balaban J connectivity index is 2.50. The van der Waals surface area contributed by atoms with E-state index in [2.05, 4.69) is 10.6 Å². The first-order valence-corrected chi connectivity index (χ1v) is 5.15. The average molecular weight is 233 g/mol. The molecule has 0 spiro atoms. The molecule has 1 aromatic rings. The number of nitrogens with two attached hydrogens (primary N) is 1. The minimum atomic E-state index is -0.584. The molecule has 0 radical (unpaired) electrons. The van der Waals surface area contributed by atoms with Crippen molar-refractivity contribution >= 4 is 23.7 Å². The lowest BCUT2D eigenvalue weighted by Gasteiger charge is -2.01. The van der Waals surface area contributed by atoms with E-state index in [4.69, 9.17) is 5.73 Å². The first-order chi connectivity index (χ1) is 8.08. The van der Waals surface area contributed by atoms with Gasteiger partial charge < -0.3 is 16.4 Å². The van der Waals surface area contributed by atoms with Gasteiger partial charge in [0, 0.05) is 19.2 Å². The number of carbonyl (C=O) groups excluding carboxylic acids is 2. The predicted molar refractivity (Wildman–Crippen MR) is 67.4 cm³/mol. The van der Waals surface area contributed by atoms with Gasteiger partial charge in [0.1, 0.15) is 0 Å². The Morgan fingerprint density at radius 1 is 1.29 bits per heavy atom. The van der Waals surface area contributed by atoms with E-state index in [0.717, 1.165) is 5.56 Å². The molecule has 0 bridgehead atoms. The van der Waals surface area contributed by atoms with Crippen molar-refractivity contribution in [2.75, 3.05) is 11.9 Å². The topological polar surface area (TPSA) is 84.2 Å². The lowest BCUT2D eigenvalue weighted by Crippen LogP contribution is -2.19. The van der Waals surface area contributed by atoms with E-state index in [9.17, 15) is 9.59 Å². The highest BCUT2D eigenvalue weighted by Gasteiger charge is 1.94. The number of carbonyl (C=O) groups is 2. The van der Waals surface area contributed by atoms with Gasteiger partial charge in [0.05, 0.1) is 0 Å². The van der Waals surface area contributed by atoms with Crippen LogP contribution in [-0.4, -0.2) is 18.5 Å². The summed E-state index contributed by atoms with van der Waals surface area (Å²) in [4.78, 5) is 21.2. The van der Waals surface area contributed by atoms with Crippen LogP contribution in [-0.2, 0) is 4.79 Å². The minimum Gasteiger partial charge on any atom is -0.353 e. The van der Waals surface area contributed by atoms with Crippen LogP contribution in [0, 0.1) is 0 Å². The number of hydrogen-bond donors (Lipinski definition) is 3. The Labute approximate surface area is 99.7 Å². The van der Waals surface area contributed by atoms with Crippen LogP contribution in [0.3, 0.4) is 0 Å². The molecule has 5 heteroatoms. The molecule has 0 aliphatic rings. The Morgan fingerprint density at radius 2 is 1.94 bits per heavy atom. The molecule has 0 atom stereocenters. The maximum atomic E-state index is 10.6. The zero-order valence-corrected chi connectivity index (χ0v) is 9.57. The fraction of sp³-hybridized carbons (Fsp3) is 0.167. The third-order valence-electron chi connectivity index (χ3n) is 1.96. The van der Waals surface area contributed by atoms with Crippen LogP contribution in [0.15, 0.2) is 30.3 Å². The van der Waals surface area contributed by atoms with Crippen molar-refractivity contribution in [2.24, 2.45) is 5.73 Å². The van der Waals surface area contributed by atoms with Gasteiger partial charge in [-0.3, -0.25) is 4.79 Å². The molecule has 0 aliphatic carbocycles. The Kier molecular flexibility index (Phi) is 4.75. The second kappa shape index (κ2) is 6.32. The van der Waals surface area contributed by atoms with E-state index in [-0.39, 0.29) is 5.91 Å². The molecular formula is C12H15N3O2. The van der Waals surface area contributed by atoms with Crippen molar-refractivity contribution in [1.29, 1.82) is 0 Å². The van der Waals surface area contributed by atoms with Crippen molar-refractivity contribution in [2.45, 2.75) is 6.92 Å². The van der Waals surface area contributed by atoms with E-state index in [0.29, 0.717) is 12.2 Å². The fourth-order valence-electron chi connectivity index (χ4n) is 1.22. The standard InChI is InChI=1S/C12H15N3O2/c1-9(16)14-8-2-3-10-4-6-11(7-5-10)15-12(13)17/h2-7H,8H2,1H3,(H,14,16)(H3,13,15,17). The summed E-state index contributed by atoms with van der Waals surface area (Å²) in [5, 5.41) is 5.13. The predicted octanol–water partition coefficient (Wildman–Crippen LogP) is 1.33. The molecule has 1 aromatic carbocycles. The summed E-state index contributed by atoms with van der Waals surface area (Å²) >= 11 is 0. The monoisotopic (exact) mass is 233 g/mol. The van der Waals surface area contributed by atoms with Gasteiger partial charge in [-0.25, -0.2) is 4.79 Å². The smallest absolute Gasteiger partial charge is 0.316 e. The summed E-state index contributed by atoms with van der Waals surface area (Å²) in [6.07, 6.45) is 3.72. The third kappa shape index (κ3) is 5.36. The van der Waals surface area contributed by atoms with Gasteiger partial charge in [-0.1, -0.05) is 24.3 Å². The van der Waals surface area contributed by atoms with Gasteiger partial charge in [-0.05, 0) is 17.7 Å². The molecule has 0 aromatic heterocycles. The maximum absolute atomic E-state index is 10.6. The number of anilines is 1. The number of amides is 3. The zero-order chi connectivity index (χ0) is 12.7. The summed E-state index contributed by atoms with van der Waals surface area (Å²) in [6, 6.07) is 6.61. The fourth-order valence-corrected chi connectivity index (χ4v) is 1.22. The molecule has 90 valence electrons. The molecule has 0 saturated heterocycles. The highest BCUT2D eigenvalue weighted by molar-refractivity contribution is 5.87. The molecule has 0 fully saturated rings. The Morgan fingerprint density at radius 3 is 2.47 bits per heavy atom. The molecule has 0 saturated carbocycles. The molecule has 4 N–H and O–H groups in total. The first-order valence-electron chi connectivity index (χ1n) is 5.15. The molecule has 0 aliphatic heterocycles. The number of benzene rings is 1. The van der Waals surface area contributed by atoms with Crippen LogP contribution in [0.5, 0.6) is 0 Å². The van der Waals surface area contributed by atoms with Crippen LogP contribution in [0.25, 0.3) is 6.08 Å². The van der Waals surface area contributed by atoms with Gasteiger partial charge in [0.25, 0.3) is 0 Å². The highest BCUT2D eigenvalue weighted by atomic mass is 16.2. The molecular weight excluding hydrogens is 218 g/mol. The molecule has 17 heavy (non-hydrogen) atoms. The van der Waals surface area contributed by atoms with Crippen molar-refractivity contribution in [3.63, 3.8) is 0 Å². The second-order valence-corrected chi connectivity index (χ2v) is 3.45. The summed E-state index contributed by atoms with van der Waals surface area (Å²) in [5.74, 6) is -0.0596. The minimum absolute atomic E-state index is 0.0596. The second-order valence-electron chi connectivity index (χ2n) is 3.45. The third-order valence-corrected chi connectivity index (χ3v) is 1.96. The lowest BCUT2D eigenvalue weighted by molar-refractivity contribution is -0.118. The van der Waals surface area contributed by atoms with Gasteiger partial charge in [-0.15, -0.1) is 0 Å². The van der Waals surface area contributed by atoms with Crippen LogP contribution in [0.2, 0.25) is 0 Å². The quantitative estimate of drug-likeness (QED) is 0.732. The highest BCUT2D eigenvalue weighted by Crippen LogP contribution is 2.10. The van der Waals surface area contributed by atoms with E-state index < -0.39 is 6.03 Å². The lowest BCUT2D eigenvalue weighted by atomic mass is 10.2. The Hall–Kier alpha value is -2.30. The normalized spacial score (nSPS) is 10.2. The van der Waals surface area contributed by atoms with Crippen LogP contribution in [0.4, 0.5) is 10.5 Å². The van der Waals surface area contributed by atoms with Crippen molar-refractivity contribution in [3.8, 4) is 0 Å². The molecule has 0 heterocycles. The number of nitrogens with one attached hydrogen (secondary N) is 2. The average Bonchev–Trinajstić information content (AvgIpc) is 2.25. The van der Waals surface area contributed by atoms with Gasteiger partial charge in [-0.2, -0.15) is 0 Å². The number of urea groups is 1.